The minimum Gasteiger partial charge on any atom is -0.396 e. The Balaban J connectivity index is 2.98. The van der Waals surface area contributed by atoms with E-state index in [0.717, 1.165) is 25.7 Å². The van der Waals surface area contributed by atoms with Crippen LogP contribution in [0.25, 0.3) is 0 Å². The van der Waals surface area contributed by atoms with Crippen LogP contribution in [-0.4, -0.2) is 17.6 Å². The van der Waals surface area contributed by atoms with Crippen molar-refractivity contribution in [3.63, 3.8) is 0 Å². The van der Waals surface area contributed by atoms with Gasteiger partial charge in [0.2, 0.25) is 0 Å². The fraction of sp³-hybridized carbons (Fsp3) is 0.750. The van der Waals surface area contributed by atoms with Crippen molar-refractivity contribution in [1.82, 2.24) is 0 Å². The number of hydrogen-bond acceptors (Lipinski definition) is 1. The van der Waals surface area contributed by atoms with Crippen LogP contribution in [0.4, 0.5) is 0 Å². The van der Waals surface area contributed by atoms with Gasteiger partial charge >= 0.3 is 0 Å². The second-order valence-electron chi connectivity index (χ2n) is 1.97. The van der Waals surface area contributed by atoms with Crippen LogP contribution < -0.4 is 0 Å². The Morgan fingerprint density at radius 1 is 1.10 bits per heavy atom. The zero-order valence-corrected chi connectivity index (χ0v) is 6.82. The molecular formula is C8H13ClO. The molecule has 1 nitrogen and oxygen atoms in total. The summed E-state index contributed by atoms with van der Waals surface area (Å²) in [5.74, 6) is 6.62. The minimum absolute atomic E-state index is 0.240. The lowest BCUT2D eigenvalue weighted by atomic mass is 10.3. The maximum atomic E-state index is 8.38. The van der Waals surface area contributed by atoms with Gasteiger partial charge in [0.05, 0.1) is 0 Å². The van der Waals surface area contributed by atoms with E-state index in [9.17, 15) is 0 Å². The Morgan fingerprint density at radius 3 is 2.20 bits per heavy atom. The predicted molar refractivity (Wildman–Crippen MR) is 44.0 cm³/mol. The van der Waals surface area contributed by atoms with Gasteiger partial charge in [0, 0.05) is 25.3 Å². The Hall–Kier alpha value is -0.190. The van der Waals surface area contributed by atoms with E-state index in [0.29, 0.717) is 5.88 Å². The molecule has 0 aromatic heterocycles. The molecule has 1 N–H and O–H groups in total. The van der Waals surface area contributed by atoms with Gasteiger partial charge < -0.3 is 5.11 Å². The van der Waals surface area contributed by atoms with Crippen LogP contribution in [0.15, 0.2) is 0 Å². The van der Waals surface area contributed by atoms with Crippen LogP contribution in [-0.2, 0) is 0 Å². The van der Waals surface area contributed by atoms with Gasteiger partial charge in [-0.2, -0.15) is 0 Å². The van der Waals surface area contributed by atoms with Gasteiger partial charge in [0.25, 0.3) is 0 Å². The topological polar surface area (TPSA) is 20.2 Å². The fourth-order valence-corrected chi connectivity index (χ4v) is 0.633. The van der Waals surface area contributed by atoms with E-state index >= 15 is 0 Å². The summed E-state index contributed by atoms with van der Waals surface area (Å²) < 4.78 is 0. The van der Waals surface area contributed by atoms with Gasteiger partial charge in [-0.3, -0.25) is 0 Å². The molecule has 58 valence electrons. The summed E-state index contributed by atoms with van der Waals surface area (Å²) in [6.07, 6.45) is 3.44. The third-order valence-corrected chi connectivity index (χ3v) is 1.29. The number of unbranched alkanes of at least 4 members (excludes halogenated alkanes) is 2. The van der Waals surface area contributed by atoms with Gasteiger partial charge in [-0.25, -0.2) is 0 Å². The first-order valence-corrected chi connectivity index (χ1v) is 4.08. The molecule has 0 saturated heterocycles. The van der Waals surface area contributed by atoms with E-state index in [2.05, 4.69) is 11.8 Å². The van der Waals surface area contributed by atoms with Crippen LogP contribution in [0, 0.1) is 11.8 Å². The first kappa shape index (κ1) is 9.81. The third kappa shape index (κ3) is 7.81. The summed E-state index contributed by atoms with van der Waals surface area (Å²) >= 11 is 5.43. The SMILES string of the molecule is OCCCC#CCCCCl. The zero-order chi connectivity index (χ0) is 7.66. The molecule has 0 fully saturated rings. The maximum absolute atomic E-state index is 8.38. The average Bonchev–Trinajstić information content (AvgIpc) is 1.97. The Labute approximate surface area is 67.4 Å². The third-order valence-electron chi connectivity index (χ3n) is 1.02. The molecule has 2 heteroatoms. The maximum Gasteiger partial charge on any atom is 0.0440 e. The normalized spacial score (nSPS) is 8.60. The van der Waals surface area contributed by atoms with Crippen LogP contribution in [0.2, 0.25) is 0 Å². The Bertz CT molecular complexity index is 100. The molecule has 0 radical (unpaired) electrons. The van der Waals surface area contributed by atoms with Gasteiger partial charge in [-0.1, -0.05) is 0 Å². The number of hydrogen-bond donors (Lipinski definition) is 1. The van der Waals surface area contributed by atoms with Crippen molar-refractivity contribution in [2.75, 3.05) is 12.5 Å². The lowest BCUT2D eigenvalue weighted by molar-refractivity contribution is 0.290. The number of halogens is 1. The zero-order valence-electron chi connectivity index (χ0n) is 6.07. The van der Waals surface area contributed by atoms with Gasteiger partial charge in [0.1, 0.15) is 0 Å². The lowest BCUT2D eigenvalue weighted by Crippen LogP contribution is -1.78. The number of alkyl halides is 1. The summed E-state index contributed by atoms with van der Waals surface area (Å²) in [5.41, 5.74) is 0. The summed E-state index contributed by atoms with van der Waals surface area (Å²) in [6.45, 7) is 0.240. The molecule has 0 unspecified atom stereocenters. The van der Waals surface area contributed by atoms with Crippen molar-refractivity contribution >= 4 is 11.6 Å². The molecule has 0 aliphatic carbocycles. The van der Waals surface area contributed by atoms with Crippen molar-refractivity contribution in [2.24, 2.45) is 0 Å². The molecule has 0 aromatic rings. The first-order valence-electron chi connectivity index (χ1n) is 3.54. The average molecular weight is 161 g/mol. The van der Waals surface area contributed by atoms with Crippen molar-refractivity contribution < 1.29 is 5.11 Å². The van der Waals surface area contributed by atoms with Crippen molar-refractivity contribution in [1.29, 1.82) is 0 Å². The van der Waals surface area contributed by atoms with Gasteiger partial charge in [0.15, 0.2) is 0 Å². The summed E-state index contributed by atoms with van der Waals surface area (Å²) in [7, 11) is 0. The Kier molecular flexibility index (Phi) is 8.64. The predicted octanol–water partition coefficient (Wildman–Crippen LogP) is 1.78. The largest absolute Gasteiger partial charge is 0.396 e. The summed E-state index contributed by atoms with van der Waals surface area (Å²) in [5, 5.41) is 8.38. The Morgan fingerprint density at radius 2 is 1.70 bits per heavy atom. The molecule has 0 atom stereocenters. The van der Waals surface area contributed by atoms with Crippen LogP contribution in [0.1, 0.15) is 25.7 Å². The van der Waals surface area contributed by atoms with Crippen LogP contribution >= 0.6 is 11.6 Å². The summed E-state index contributed by atoms with van der Waals surface area (Å²) in [6, 6.07) is 0. The van der Waals surface area contributed by atoms with Gasteiger partial charge in [-0.15, -0.1) is 23.4 Å². The van der Waals surface area contributed by atoms with Crippen molar-refractivity contribution in [3.05, 3.63) is 0 Å². The molecule has 10 heavy (non-hydrogen) atoms. The monoisotopic (exact) mass is 160 g/mol. The van der Waals surface area contributed by atoms with E-state index in [-0.39, 0.29) is 6.61 Å². The van der Waals surface area contributed by atoms with Crippen LogP contribution in [0.3, 0.4) is 0 Å². The van der Waals surface area contributed by atoms with E-state index in [1.54, 1.807) is 0 Å². The molecule has 0 rings (SSSR count). The molecule has 0 amide bonds. The standard InChI is InChI=1S/C8H13ClO/c9-7-5-3-1-2-4-6-8-10/h10H,3-8H2. The van der Waals surface area contributed by atoms with Gasteiger partial charge in [-0.05, 0) is 12.8 Å². The molecular weight excluding hydrogens is 148 g/mol. The molecule has 0 spiro atoms. The quantitative estimate of drug-likeness (QED) is 0.378. The fourth-order valence-electron chi connectivity index (χ4n) is 0.499. The highest BCUT2D eigenvalue weighted by molar-refractivity contribution is 6.17. The first-order chi connectivity index (χ1) is 4.91. The highest BCUT2D eigenvalue weighted by Gasteiger charge is 1.78. The van der Waals surface area contributed by atoms with E-state index in [1.807, 2.05) is 0 Å². The molecule has 0 aromatic carbocycles. The van der Waals surface area contributed by atoms with E-state index in [1.165, 1.54) is 0 Å². The summed E-state index contributed by atoms with van der Waals surface area (Å²) in [4.78, 5) is 0. The number of aliphatic hydroxyl groups is 1. The molecule has 0 aliphatic heterocycles. The minimum atomic E-state index is 0.240. The molecule has 0 saturated carbocycles. The lowest BCUT2D eigenvalue weighted by Gasteiger charge is -1.84. The highest BCUT2D eigenvalue weighted by atomic mass is 35.5. The van der Waals surface area contributed by atoms with E-state index in [4.69, 9.17) is 16.7 Å². The molecule has 0 aliphatic rings. The van der Waals surface area contributed by atoms with Crippen molar-refractivity contribution in [2.45, 2.75) is 25.7 Å². The van der Waals surface area contributed by atoms with Crippen molar-refractivity contribution in [3.8, 4) is 11.8 Å². The molecule has 0 bridgehead atoms. The smallest absolute Gasteiger partial charge is 0.0440 e. The van der Waals surface area contributed by atoms with Crippen LogP contribution in [0.5, 0.6) is 0 Å². The number of rotatable bonds is 4. The second-order valence-corrected chi connectivity index (χ2v) is 2.35. The second kappa shape index (κ2) is 8.81. The highest BCUT2D eigenvalue weighted by Crippen LogP contribution is 1.90. The number of aliphatic hydroxyl groups excluding tert-OH is 1. The molecule has 0 heterocycles. The van der Waals surface area contributed by atoms with E-state index < -0.39 is 0 Å².